The Kier molecular flexibility index (Phi) is 6.73. The number of sulfonamides is 1. The van der Waals surface area contributed by atoms with Gasteiger partial charge in [-0.3, -0.25) is 9.59 Å². The van der Waals surface area contributed by atoms with E-state index in [1.54, 1.807) is 53.3 Å². The SMILES string of the molecule is COc1cccc(C(=O)N2CCN(C(=O)CCc3ccc(S(N)(=O)=O)cc3)CC2)c1. The number of carbonyl (C=O) groups is 2. The molecular weight excluding hydrogens is 406 g/mol. The lowest BCUT2D eigenvalue weighted by Gasteiger charge is -2.35. The summed E-state index contributed by atoms with van der Waals surface area (Å²) in [6, 6.07) is 13.2. The van der Waals surface area contributed by atoms with Gasteiger partial charge >= 0.3 is 0 Å². The maximum absolute atomic E-state index is 12.7. The second-order valence-electron chi connectivity index (χ2n) is 7.09. The number of benzene rings is 2. The van der Waals surface area contributed by atoms with Crippen LogP contribution in [0.1, 0.15) is 22.3 Å². The van der Waals surface area contributed by atoms with E-state index in [0.29, 0.717) is 50.3 Å². The second kappa shape index (κ2) is 9.27. The van der Waals surface area contributed by atoms with Gasteiger partial charge in [0.05, 0.1) is 12.0 Å². The Morgan fingerprint density at radius 1 is 1.00 bits per heavy atom. The van der Waals surface area contributed by atoms with Gasteiger partial charge in [-0.1, -0.05) is 18.2 Å². The molecule has 1 fully saturated rings. The molecule has 2 aromatic rings. The molecule has 0 atom stereocenters. The number of nitrogens with two attached hydrogens (primary N) is 1. The van der Waals surface area contributed by atoms with Gasteiger partial charge in [-0.25, -0.2) is 13.6 Å². The molecule has 0 saturated carbocycles. The molecule has 2 aromatic carbocycles. The van der Waals surface area contributed by atoms with E-state index in [2.05, 4.69) is 0 Å². The summed E-state index contributed by atoms with van der Waals surface area (Å²) in [7, 11) is -2.16. The minimum atomic E-state index is -3.72. The minimum absolute atomic E-state index is 0.0130. The van der Waals surface area contributed by atoms with Gasteiger partial charge in [-0.15, -0.1) is 0 Å². The molecule has 8 nitrogen and oxygen atoms in total. The van der Waals surface area contributed by atoms with Crippen molar-refractivity contribution in [2.24, 2.45) is 5.14 Å². The van der Waals surface area contributed by atoms with Gasteiger partial charge in [-0.05, 0) is 42.3 Å². The fourth-order valence-electron chi connectivity index (χ4n) is 3.35. The Labute approximate surface area is 176 Å². The summed E-state index contributed by atoms with van der Waals surface area (Å²) in [4.78, 5) is 28.7. The third-order valence-electron chi connectivity index (χ3n) is 5.12. The van der Waals surface area contributed by atoms with Crippen molar-refractivity contribution in [1.29, 1.82) is 0 Å². The third kappa shape index (κ3) is 5.37. The zero-order valence-electron chi connectivity index (χ0n) is 16.8. The molecule has 0 spiro atoms. The Hall–Kier alpha value is -2.91. The maximum Gasteiger partial charge on any atom is 0.254 e. The minimum Gasteiger partial charge on any atom is -0.497 e. The van der Waals surface area contributed by atoms with Crippen LogP contribution in [0.2, 0.25) is 0 Å². The molecule has 30 heavy (non-hydrogen) atoms. The lowest BCUT2D eigenvalue weighted by atomic mass is 10.1. The third-order valence-corrected chi connectivity index (χ3v) is 6.04. The van der Waals surface area contributed by atoms with Gasteiger partial charge in [0.15, 0.2) is 0 Å². The number of nitrogens with zero attached hydrogens (tertiary/aromatic N) is 2. The highest BCUT2D eigenvalue weighted by Gasteiger charge is 2.24. The van der Waals surface area contributed by atoms with Crippen LogP contribution in [0, 0.1) is 0 Å². The van der Waals surface area contributed by atoms with Crippen LogP contribution in [0.15, 0.2) is 53.4 Å². The predicted octanol–water partition coefficient (Wildman–Crippen LogP) is 1.26. The van der Waals surface area contributed by atoms with E-state index >= 15 is 0 Å². The standard InChI is InChI=1S/C21H25N3O5S/c1-29-18-4-2-3-17(15-18)21(26)24-13-11-23(12-14-24)20(25)10-7-16-5-8-19(9-6-16)30(22,27)28/h2-6,8-9,15H,7,10-14H2,1H3,(H2,22,27,28). The van der Waals surface area contributed by atoms with E-state index in [9.17, 15) is 18.0 Å². The number of carbonyl (C=O) groups excluding carboxylic acids is 2. The van der Waals surface area contributed by atoms with Gasteiger partial charge in [-0.2, -0.15) is 0 Å². The first kappa shape index (κ1) is 21.8. The molecule has 1 heterocycles. The molecule has 0 bridgehead atoms. The van der Waals surface area contributed by atoms with Gasteiger partial charge < -0.3 is 14.5 Å². The maximum atomic E-state index is 12.7. The largest absolute Gasteiger partial charge is 0.497 e. The average molecular weight is 432 g/mol. The number of rotatable bonds is 6. The Morgan fingerprint density at radius 3 is 2.23 bits per heavy atom. The molecule has 0 radical (unpaired) electrons. The number of aryl methyl sites for hydroxylation is 1. The van der Waals surface area contributed by atoms with Gasteiger partial charge in [0.1, 0.15) is 5.75 Å². The van der Waals surface area contributed by atoms with Crippen molar-refractivity contribution < 1.29 is 22.7 Å². The molecule has 2 amide bonds. The Bertz CT molecular complexity index is 1010. The van der Waals surface area contributed by atoms with Crippen molar-refractivity contribution in [3.63, 3.8) is 0 Å². The molecule has 2 N–H and O–H groups in total. The van der Waals surface area contributed by atoms with E-state index in [1.165, 1.54) is 12.1 Å². The van der Waals surface area contributed by atoms with E-state index in [4.69, 9.17) is 9.88 Å². The molecule has 1 saturated heterocycles. The molecule has 0 unspecified atom stereocenters. The van der Waals surface area contributed by atoms with Crippen LogP contribution in [-0.4, -0.2) is 63.3 Å². The summed E-state index contributed by atoms with van der Waals surface area (Å²) in [5, 5.41) is 5.09. The number of primary sulfonamides is 1. The summed E-state index contributed by atoms with van der Waals surface area (Å²) >= 11 is 0. The first-order chi connectivity index (χ1) is 14.3. The van der Waals surface area contributed by atoms with Crippen molar-refractivity contribution in [2.75, 3.05) is 33.3 Å². The van der Waals surface area contributed by atoms with Gasteiger partial charge in [0.2, 0.25) is 15.9 Å². The van der Waals surface area contributed by atoms with Crippen molar-refractivity contribution in [2.45, 2.75) is 17.7 Å². The Morgan fingerprint density at radius 2 is 1.63 bits per heavy atom. The molecule has 9 heteroatoms. The fourth-order valence-corrected chi connectivity index (χ4v) is 3.87. The average Bonchev–Trinajstić information content (AvgIpc) is 2.76. The summed E-state index contributed by atoms with van der Waals surface area (Å²) in [6.07, 6.45) is 0.825. The van der Waals surface area contributed by atoms with E-state index < -0.39 is 10.0 Å². The summed E-state index contributed by atoms with van der Waals surface area (Å²) in [5.74, 6) is 0.571. The van der Waals surface area contributed by atoms with Gasteiger partial charge in [0.25, 0.3) is 5.91 Å². The zero-order valence-corrected chi connectivity index (χ0v) is 17.6. The molecule has 1 aliphatic heterocycles. The van der Waals surface area contributed by atoms with Crippen LogP contribution < -0.4 is 9.88 Å². The number of piperazine rings is 1. The summed E-state index contributed by atoms with van der Waals surface area (Å²) in [5.41, 5.74) is 1.43. The monoisotopic (exact) mass is 431 g/mol. The highest BCUT2D eigenvalue weighted by molar-refractivity contribution is 7.89. The number of hydrogen-bond donors (Lipinski definition) is 1. The molecule has 3 rings (SSSR count). The topological polar surface area (TPSA) is 110 Å². The number of ether oxygens (including phenoxy) is 1. The first-order valence-corrected chi connectivity index (χ1v) is 11.2. The van der Waals surface area contributed by atoms with Crippen molar-refractivity contribution >= 4 is 21.8 Å². The van der Waals surface area contributed by atoms with Gasteiger partial charge in [0, 0.05) is 38.2 Å². The quantitative estimate of drug-likeness (QED) is 0.740. The highest BCUT2D eigenvalue weighted by Crippen LogP contribution is 2.16. The molecular formula is C21H25N3O5S. The fraction of sp³-hybridized carbons (Fsp3) is 0.333. The molecule has 1 aliphatic rings. The summed E-state index contributed by atoms with van der Waals surface area (Å²) < 4.78 is 27.8. The van der Waals surface area contributed by atoms with Crippen LogP contribution >= 0.6 is 0 Å². The van der Waals surface area contributed by atoms with Crippen LogP contribution in [-0.2, 0) is 21.2 Å². The smallest absolute Gasteiger partial charge is 0.254 e. The highest BCUT2D eigenvalue weighted by atomic mass is 32.2. The first-order valence-electron chi connectivity index (χ1n) is 9.61. The van der Waals surface area contributed by atoms with Crippen LogP contribution in [0.4, 0.5) is 0 Å². The number of methoxy groups -OCH3 is 1. The molecule has 0 aliphatic carbocycles. The Balaban J connectivity index is 1.49. The van der Waals surface area contributed by atoms with E-state index in [-0.39, 0.29) is 16.7 Å². The molecule has 0 aromatic heterocycles. The molecule has 160 valence electrons. The second-order valence-corrected chi connectivity index (χ2v) is 8.66. The van der Waals surface area contributed by atoms with Crippen LogP contribution in [0.25, 0.3) is 0 Å². The summed E-state index contributed by atoms with van der Waals surface area (Å²) in [6.45, 7) is 1.92. The zero-order chi connectivity index (χ0) is 21.7. The lowest BCUT2D eigenvalue weighted by Crippen LogP contribution is -2.50. The number of hydrogen-bond acceptors (Lipinski definition) is 5. The lowest BCUT2D eigenvalue weighted by molar-refractivity contribution is -0.132. The van der Waals surface area contributed by atoms with Crippen molar-refractivity contribution in [1.82, 2.24) is 9.80 Å². The van der Waals surface area contributed by atoms with E-state index in [0.717, 1.165) is 5.56 Å². The van der Waals surface area contributed by atoms with Crippen LogP contribution in [0.3, 0.4) is 0 Å². The normalized spacial score (nSPS) is 14.5. The van der Waals surface area contributed by atoms with Crippen molar-refractivity contribution in [3.8, 4) is 5.75 Å². The van der Waals surface area contributed by atoms with E-state index in [1.807, 2.05) is 0 Å². The van der Waals surface area contributed by atoms with Crippen LogP contribution in [0.5, 0.6) is 5.75 Å². The number of amides is 2. The van der Waals surface area contributed by atoms with Crippen molar-refractivity contribution in [3.05, 3.63) is 59.7 Å². The predicted molar refractivity (Wildman–Crippen MR) is 112 cm³/mol.